The van der Waals surface area contributed by atoms with Gasteiger partial charge in [0.15, 0.2) is 0 Å². The van der Waals surface area contributed by atoms with Gasteiger partial charge >= 0.3 is 0 Å². The molecule has 2 amide bonds. The van der Waals surface area contributed by atoms with E-state index in [9.17, 15) is 19.7 Å². The molecule has 1 aliphatic rings. The van der Waals surface area contributed by atoms with Crippen molar-refractivity contribution in [1.82, 2.24) is 5.32 Å². The van der Waals surface area contributed by atoms with Crippen molar-refractivity contribution in [2.24, 2.45) is 5.92 Å². The molecule has 8 heteroatoms. The quantitative estimate of drug-likeness (QED) is 0.562. The first kappa shape index (κ1) is 21.3. The van der Waals surface area contributed by atoms with Crippen LogP contribution in [0.2, 0.25) is 0 Å². The Morgan fingerprint density at radius 3 is 2.33 bits per heavy atom. The maximum atomic E-state index is 12.5. The Labute approximate surface area is 175 Å². The molecule has 1 aliphatic heterocycles. The van der Waals surface area contributed by atoms with E-state index in [-0.39, 0.29) is 34.9 Å². The highest BCUT2D eigenvalue weighted by Crippen LogP contribution is 2.31. The number of para-hydroxylation sites is 3. The minimum atomic E-state index is -0.386. The summed E-state index contributed by atoms with van der Waals surface area (Å²) in [4.78, 5) is 37.5. The minimum Gasteiger partial charge on any atom is -0.366 e. The van der Waals surface area contributed by atoms with Gasteiger partial charge in [-0.15, -0.1) is 0 Å². The van der Waals surface area contributed by atoms with Gasteiger partial charge < -0.3 is 15.5 Å². The molecule has 0 saturated carbocycles. The van der Waals surface area contributed by atoms with Crippen molar-refractivity contribution in [2.75, 3.05) is 29.9 Å². The second-order valence-electron chi connectivity index (χ2n) is 7.54. The van der Waals surface area contributed by atoms with Crippen LogP contribution < -0.4 is 15.5 Å². The van der Waals surface area contributed by atoms with Crippen molar-refractivity contribution in [3.63, 3.8) is 0 Å². The third kappa shape index (κ3) is 4.94. The van der Waals surface area contributed by atoms with Crippen molar-refractivity contribution in [2.45, 2.75) is 26.7 Å². The van der Waals surface area contributed by atoms with E-state index in [0.29, 0.717) is 31.6 Å². The zero-order chi connectivity index (χ0) is 21.7. The molecular formula is C22H26N4O4. The van der Waals surface area contributed by atoms with E-state index in [1.165, 1.54) is 6.07 Å². The van der Waals surface area contributed by atoms with E-state index >= 15 is 0 Å². The van der Waals surface area contributed by atoms with Crippen molar-refractivity contribution < 1.29 is 14.5 Å². The van der Waals surface area contributed by atoms with Crippen LogP contribution in [0.4, 0.5) is 17.1 Å². The third-order valence-electron chi connectivity index (χ3n) is 5.45. The van der Waals surface area contributed by atoms with Crippen LogP contribution in [0.15, 0.2) is 42.5 Å². The second-order valence-corrected chi connectivity index (χ2v) is 7.54. The van der Waals surface area contributed by atoms with Gasteiger partial charge in [-0.05, 0) is 43.9 Å². The number of benzene rings is 2. The maximum Gasteiger partial charge on any atom is 0.292 e. The van der Waals surface area contributed by atoms with Gasteiger partial charge in [0, 0.05) is 30.8 Å². The fourth-order valence-corrected chi connectivity index (χ4v) is 3.78. The molecule has 2 aromatic carbocycles. The number of nitrogens with zero attached hydrogens (tertiary/aromatic N) is 2. The molecule has 158 valence electrons. The summed E-state index contributed by atoms with van der Waals surface area (Å²) in [7, 11) is 0. The number of hydrogen-bond acceptors (Lipinski definition) is 5. The largest absolute Gasteiger partial charge is 0.366 e. The minimum absolute atomic E-state index is 0.0728. The molecule has 3 rings (SSSR count). The molecule has 0 aliphatic carbocycles. The molecular weight excluding hydrogens is 384 g/mol. The highest BCUT2D eigenvalue weighted by Gasteiger charge is 2.28. The summed E-state index contributed by atoms with van der Waals surface area (Å²) in [6.07, 6.45) is 1.16. The Bertz CT molecular complexity index is 932. The van der Waals surface area contributed by atoms with Gasteiger partial charge in [-0.2, -0.15) is 0 Å². The van der Waals surface area contributed by atoms with Gasteiger partial charge in [-0.3, -0.25) is 19.7 Å². The number of nitro groups is 1. The van der Waals surface area contributed by atoms with Crippen LogP contribution in [0, 0.1) is 29.9 Å². The van der Waals surface area contributed by atoms with E-state index in [2.05, 4.69) is 10.6 Å². The first-order valence-corrected chi connectivity index (χ1v) is 9.99. The Morgan fingerprint density at radius 1 is 1.07 bits per heavy atom. The van der Waals surface area contributed by atoms with Crippen LogP contribution in [0.25, 0.3) is 0 Å². The van der Waals surface area contributed by atoms with Crippen LogP contribution >= 0.6 is 0 Å². The summed E-state index contributed by atoms with van der Waals surface area (Å²) in [6, 6.07) is 12.4. The van der Waals surface area contributed by atoms with Crippen LogP contribution in [-0.2, 0) is 9.59 Å². The van der Waals surface area contributed by atoms with Gasteiger partial charge in [-0.25, -0.2) is 0 Å². The van der Waals surface area contributed by atoms with Crippen molar-refractivity contribution >= 4 is 28.9 Å². The zero-order valence-electron chi connectivity index (χ0n) is 17.2. The lowest BCUT2D eigenvalue weighted by atomic mass is 9.95. The highest BCUT2D eigenvalue weighted by molar-refractivity contribution is 5.96. The summed E-state index contributed by atoms with van der Waals surface area (Å²) in [6.45, 7) is 4.87. The number of nitro benzene ring substituents is 1. The van der Waals surface area contributed by atoms with E-state index < -0.39 is 0 Å². The van der Waals surface area contributed by atoms with Gasteiger partial charge in [-0.1, -0.05) is 30.3 Å². The molecule has 2 N–H and O–H groups in total. The number of hydrogen-bond donors (Lipinski definition) is 2. The lowest BCUT2D eigenvalue weighted by Crippen LogP contribution is -2.42. The summed E-state index contributed by atoms with van der Waals surface area (Å²) < 4.78 is 0. The van der Waals surface area contributed by atoms with Crippen molar-refractivity contribution in [3.05, 3.63) is 63.7 Å². The van der Waals surface area contributed by atoms with Gasteiger partial charge in [0.2, 0.25) is 11.8 Å². The Kier molecular flexibility index (Phi) is 6.66. The monoisotopic (exact) mass is 410 g/mol. The average Bonchev–Trinajstić information content (AvgIpc) is 2.75. The number of amides is 2. The van der Waals surface area contributed by atoms with Crippen LogP contribution in [0.1, 0.15) is 24.0 Å². The molecule has 0 unspecified atom stereocenters. The van der Waals surface area contributed by atoms with Gasteiger partial charge in [0.05, 0.1) is 11.5 Å². The molecule has 1 saturated heterocycles. The Morgan fingerprint density at radius 2 is 1.70 bits per heavy atom. The summed E-state index contributed by atoms with van der Waals surface area (Å²) >= 11 is 0. The maximum absolute atomic E-state index is 12.5. The SMILES string of the molecule is Cc1cccc(C)c1NC(=O)CNC(=O)C1CCN(c2ccccc2[N+](=O)[O-])CC1. The van der Waals surface area contributed by atoms with E-state index in [1.54, 1.807) is 18.2 Å². The normalized spacial score (nSPS) is 14.3. The standard InChI is InChI=1S/C22H26N4O4/c1-15-6-5-7-16(2)21(15)24-20(27)14-23-22(28)17-10-12-25(13-11-17)18-8-3-4-9-19(18)26(29)30/h3-9,17H,10-14H2,1-2H3,(H,23,28)(H,24,27). The number of carbonyl (C=O) groups excluding carboxylic acids is 2. The molecule has 0 bridgehead atoms. The smallest absolute Gasteiger partial charge is 0.292 e. The number of piperidine rings is 1. The van der Waals surface area contributed by atoms with Crippen LogP contribution in [0.5, 0.6) is 0 Å². The fraction of sp³-hybridized carbons (Fsp3) is 0.364. The molecule has 2 aromatic rings. The first-order chi connectivity index (χ1) is 14.4. The molecule has 0 radical (unpaired) electrons. The summed E-state index contributed by atoms with van der Waals surface area (Å²) in [5.74, 6) is -0.635. The van der Waals surface area contributed by atoms with E-state index in [0.717, 1.165) is 16.8 Å². The Hall–Kier alpha value is -3.42. The third-order valence-corrected chi connectivity index (χ3v) is 5.45. The highest BCUT2D eigenvalue weighted by atomic mass is 16.6. The molecule has 8 nitrogen and oxygen atoms in total. The van der Waals surface area contributed by atoms with Crippen molar-refractivity contribution in [3.8, 4) is 0 Å². The number of anilines is 2. The summed E-state index contributed by atoms with van der Waals surface area (Å²) in [5.41, 5.74) is 3.36. The lowest BCUT2D eigenvalue weighted by molar-refractivity contribution is -0.384. The molecule has 0 spiro atoms. The first-order valence-electron chi connectivity index (χ1n) is 9.99. The number of nitrogens with one attached hydrogen (secondary N) is 2. The summed E-state index contributed by atoms with van der Waals surface area (Å²) in [5, 5.41) is 16.8. The topological polar surface area (TPSA) is 105 Å². The predicted octanol–water partition coefficient (Wildman–Crippen LogP) is 3.18. The van der Waals surface area contributed by atoms with Crippen molar-refractivity contribution in [1.29, 1.82) is 0 Å². The van der Waals surface area contributed by atoms with E-state index in [4.69, 9.17) is 0 Å². The molecule has 0 aromatic heterocycles. The number of rotatable bonds is 6. The predicted molar refractivity (Wildman–Crippen MR) is 116 cm³/mol. The molecule has 1 fully saturated rings. The van der Waals surface area contributed by atoms with Gasteiger partial charge in [0.25, 0.3) is 5.69 Å². The van der Waals surface area contributed by atoms with Gasteiger partial charge in [0.1, 0.15) is 5.69 Å². The number of aryl methyl sites for hydroxylation is 2. The van der Waals surface area contributed by atoms with E-state index in [1.807, 2.05) is 36.9 Å². The van der Waals surface area contributed by atoms with Crippen LogP contribution in [-0.4, -0.2) is 36.4 Å². The Balaban J connectivity index is 1.50. The lowest BCUT2D eigenvalue weighted by Gasteiger charge is -2.32. The molecule has 0 atom stereocenters. The fourth-order valence-electron chi connectivity index (χ4n) is 3.78. The van der Waals surface area contributed by atoms with Crippen LogP contribution in [0.3, 0.4) is 0 Å². The second kappa shape index (κ2) is 9.39. The molecule has 1 heterocycles. The molecule has 30 heavy (non-hydrogen) atoms. The average molecular weight is 410 g/mol. The number of carbonyl (C=O) groups is 2. The zero-order valence-corrected chi connectivity index (χ0v) is 17.2.